The highest BCUT2D eigenvalue weighted by Gasteiger charge is 2.18. The van der Waals surface area contributed by atoms with Crippen LogP contribution in [0.15, 0.2) is 24.3 Å². The first kappa shape index (κ1) is 50.4. The predicted octanol–water partition coefficient (Wildman–Crippen LogP) is 16.4. The number of esters is 2. The fourth-order valence-corrected chi connectivity index (χ4v) is 6.85. The Morgan fingerprint density at radius 2 is 0.596 bits per heavy atom. The highest BCUT2D eigenvalue weighted by atomic mass is 16.7. The van der Waals surface area contributed by atoms with Crippen LogP contribution < -0.4 is 0 Å². The van der Waals surface area contributed by atoms with Crippen molar-refractivity contribution in [1.29, 1.82) is 0 Å². The van der Waals surface area contributed by atoms with E-state index in [-0.39, 0.29) is 11.9 Å². The minimum Gasteiger partial charge on any atom is -0.425 e. The Morgan fingerprint density at radius 3 is 0.904 bits per heavy atom. The molecule has 0 aromatic heterocycles. The average molecular weight is 731 g/mol. The lowest BCUT2D eigenvalue weighted by molar-refractivity contribution is -0.189. The average Bonchev–Trinajstić information content (AvgIpc) is 3.14. The summed E-state index contributed by atoms with van der Waals surface area (Å²) in [5.41, 5.74) is 0. The topological polar surface area (TPSA) is 52.6 Å². The quantitative estimate of drug-likeness (QED) is 0.0272. The van der Waals surface area contributed by atoms with Crippen LogP contribution in [0.2, 0.25) is 0 Å². The summed E-state index contributed by atoms with van der Waals surface area (Å²) in [4.78, 5) is 25.4. The number of allylic oxidation sites excluding steroid dienone is 4. The molecule has 0 rings (SSSR count). The molecule has 0 bridgehead atoms. The van der Waals surface area contributed by atoms with Crippen LogP contribution in [0.1, 0.15) is 265 Å². The molecule has 0 aliphatic rings. The highest BCUT2D eigenvalue weighted by Crippen LogP contribution is 2.17. The third-order valence-electron chi connectivity index (χ3n) is 10.4. The largest absolute Gasteiger partial charge is 0.425 e. The summed E-state index contributed by atoms with van der Waals surface area (Å²) in [5, 5.41) is 0. The Bertz CT molecular complexity index is 733. The minimum absolute atomic E-state index is 0.215. The molecule has 4 heteroatoms. The van der Waals surface area contributed by atoms with Crippen LogP contribution in [-0.4, -0.2) is 18.2 Å². The van der Waals surface area contributed by atoms with E-state index in [1.165, 1.54) is 173 Å². The predicted molar refractivity (Wildman–Crippen MR) is 227 cm³/mol. The van der Waals surface area contributed by atoms with Crippen molar-refractivity contribution in [3.05, 3.63) is 24.3 Å². The van der Waals surface area contributed by atoms with Gasteiger partial charge in [0, 0.05) is 19.3 Å². The van der Waals surface area contributed by atoms with E-state index in [1.54, 1.807) is 0 Å². The van der Waals surface area contributed by atoms with Gasteiger partial charge in [0.15, 0.2) is 0 Å². The lowest BCUT2D eigenvalue weighted by Crippen LogP contribution is -2.24. The molecule has 306 valence electrons. The molecule has 0 aliphatic carbocycles. The Hall–Kier alpha value is -1.58. The zero-order chi connectivity index (χ0) is 37.8. The van der Waals surface area contributed by atoms with Gasteiger partial charge in [0.2, 0.25) is 6.29 Å². The van der Waals surface area contributed by atoms with Gasteiger partial charge in [-0.1, -0.05) is 199 Å². The smallest absolute Gasteiger partial charge is 0.308 e. The van der Waals surface area contributed by atoms with Gasteiger partial charge in [0.1, 0.15) is 0 Å². The molecule has 0 aliphatic heterocycles. The molecule has 0 heterocycles. The number of rotatable bonds is 42. The van der Waals surface area contributed by atoms with Gasteiger partial charge in [-0.25, -0.2) is 0 Å². The van der Waals surface area contributed by atoms with Crippen LogP contribution in [0, 0.1) is 0 Å². The van der Waals surface area contributed by atoms with Crippen LogP contribution >= 0.6 is 0 Å². The fourth-order valence-electron chi connectivity index (χ4n) is 6.85. The van der Waals surface area contributed by atoms with Gasteiger partial charge in [-0.2, -0.15) is 0 Å². The van der Waals surface area contributed by atoms with E-state index >= 15 is 0 Å². The van der Waals surface area contributed by atoms with Crippen molar-refractivity contribution in [1.82, 2.24) is 0 Å². The second-order valence-corrected chi connectivity index (χ2v) is 15.7. The van der Waals surface area contributed by atoms with Crippen LogP contribution in [0.3, 0.4) is 0 Å². The van der Waals surface area contributed by atoms with E-state index in [4.69, 9.17) is 9.47 Å². The zero-order valence-electron chi connectivity index (χ0n) is 35.4. The molecule has 0 amide bonds. The Morgan fingerprint density at radius 1 is 0.346 bits per heavy atom. The van der Waals surface area contributed by atoms with Crippen molar-refractivity contribution in [3.63, 3.8) is 0 Å². The van der Waals surface area contributed by atoms with Crippen molar-refractivity contribution in [2.45, 2.75) is 271 Å². The van der Waals surface area contributed by atoms with E-state index in [0.29, 0.717) is 19.3 Å². The monoisotopic (exact) mass is 731 g/mol. The third-order valence-corrected chi connectivity index (χ3v) is 10.4. The van der Waals surface area contributed by atoms with E-state index in [9.17, 15) is 9.59 Å². The van der Waals surface area contributed by atoms with Gasteiger partial charge >= 0.3 is 11.9 Å². The molecule has 0 atom stereocenters. The maximum Gasteiger partial charge on any atom is 0.308 e. The van der Waals surface area contributed by atoms with Crippen molar-refractivity contribution < 1.29 is 19.1 Å². The number of hydrogen-bond donors (Lipinski definition) is 0. The molecule has 0 spiro atoms. The van der Waals surface area contributed by atoms with Gasteiger partial charge in [-0.15, -0.1) is 0 Å². The van der Waals surface area contributed by atoms with Crippen molar-refractivity contribution in [3.8, 4) is 0 Å². The summed E-state index contributed by atoms with van der Waals surface area (Å²) >= 11 is 0. The maximum absolute atomic E-state index is 12.7. The summed E-state index contributed by atoms with van der Waals surface area (Å²) in [6.45, 7) is 6.80. The maximum atomic E-state index is 12.7. The molecule has 0 unspecified atom stereocenters. The first-order valence-electron chi connectivity index (χ1n) is 23.3. The van der Waals surface area contributed by atoms with Crippen LogP contribution in [0.25, 0.3) is 0 Å². The molecule has 0 radical (unpaired) electrons. The summed E-state index contributed by atoms with van der Waals surface area (Å²) in [5.74, 6) is -0.431. The SMILES string of the molecule is CCCCCCCC/C=C\CCCCCCCC(=O)OC(CCCCCCCCCCC)OC(=O)CCCCCCC/C=C\CCCCCCCC. The summed E-state index contributed by atoms with van der Waals surface area (Å²) < 4.78 is 11.5. The molecule has 0 N–H and O–H groups in total. The Labute approximate surface area is 325 Å². The van der Waals surface area contributed by atoms with Crippen LogP contribution in [0.4, 0.5) is 0 Å². The minimum atomic E-state index is -0.726. The normalized spacial score (nSPS) is 11.8. The number of hydrogen-bond acceptors (Lipinski definition) is 4. The van der Waals surface area contributed by atoms with Gasteiger partial charge in [-0.3, -0.25) is 9.59 Å². The van der Waals surface area contributed by atoms with Crippen molar-refractivity contribution >= 4 is 11.9 Å². The van der Waals surface area contributed by atoms with Gasteiger partial charge < -0.3 is 9.47 Å². The Balaban J connectivity index is 4.18. The second-order valence-electron chi connectivity index (χ2n) is 15.7. The zero-order valence-corrected chi connectivity index (χ0v) is 35.4. The second kappa shape index (κ2) is 43.8. The standard InChI is InChI=1S/C48H90O4/c1-4-7-10-13-16-19-21-23-25-27-29-32-34-37-40-43-46(49)51-48(45-42-39-36-31-18-15-12-9-6-3)52-47(50)44-41-38-35-33-30-28-26-24-22-20-17-14-11-8-5-2/h23-26,48H,4-22,27-45H2,1-3H3/b25-23-,26-24-. The molecule has 0 fully saturated rings. The molecule has 0 aromatic rings. The molecule has 0 saturated carbocycles. The number of carbonyl (C=O) groups excluding carboxylic acids is 2. The highest BCUT2D eigenvalue weighted by molar-refractivity contribution is 5.71. The summed E-state index contributed by atoms with van der Waals surface area (Å²) in [7, 11) is 0. The lowest BCUT2D eigenvalue weighted by Gasteiger charge is -2.18. The first-order chi connectivity index (χ1) is 25.6. The number of carbonyl (C=O) groups is 2. The van der Waals surface area contributed by atoms with Crippen LogP contribution in [0.5, 0.6) is 0 Å². The van der Waals surface area contributed by atoms with E-state index in [1.807, 2.05) is 0 Å². The third kappa shape index (κ3) is 41.2. The summed E-state index contributed by atoms with van der Waals surface area (Å²) in [6, 6.07) is 0. The molecule has 52 heavy (non-hydrogen) atoms. The van der Waals surface area contributed by atoms with E-state index in [2.05, 4.69) is 45.1 Å². The lowest BCUT2D eigenvalue weighted by atomic mass is 10.1. The molecule has 0 saturated heterocycles. The molecular weight excluding hydrogens is 641 g/mol. The first-order valence-corrected chi connectivity index (χ1v) is 23.3. The van der Waals surface area contributed by atoms with Gasteiger partial charge in [0.25, 0.3) is 0 Å². The van der Waals surface area contributed by atoms with Crippen molar-refractivity contribution in [2.75, 3.05) is 0 Å². The molecule has 0 aromatic carbocycles. The van der Waals surface area contributed by atoms with Crippen LogP contribution in [-0.2, 0) is 19.1 Å². The van der Waals surface area contributed by atoms with Crippen molar-refractivity contribution in [2.24, 2.45) is 0 Å². The Kier molecular flexibility index (Phi) is 42.5. The number of unbranched alkanes of at least 4 members (excludes halogenated alkanes) is 30. The van der Waals surface area contributed by atoms with E-state index in [0.717, 1.165) is 51.4 Å². The number of ether oxygens (including phenoxy) is 2. The van der Waals surface area contributed by atoms with Gasteiger partial charge in [0.05, 0.1) is 0 Å². The van der Waals surface area contributed by atoms with Gasteiger partial charge in [-0.05, 0) is 70.6 Å². The summed E-state index contributed by atoms with van der Waals surface area (Å²) in [6.07, 6.45) is 53.4. The fraction of sp³-hybridized carbons (Fsp3) is 0.875. The molecular formula is C48H90O4. The molecule has 4 nitrogen and oxygen atoms in total. The van der Waals surface area contributed by atoms with E-state index < -0.39 is 6.29 Å².